The molecule has 0 saturated carbocycles. The van der Waals surface area contributed by atoms with Gasteiger partial charge in [-0.15, -0.1) is 0 Å². The third-order valence-corrected chi connectivity index (χ3v) is 5.09. The minimum atomic E-state index is -0.414. The lowest BCUT2D eigenvalue weighted by Gasteiger charge is -2.14. The smallest absolute Gasteiger partial charge is 0.341 e. The molecule has 20 heavy (non-hydrogen) atoms. The molecule has 1 aliphatic rings. The van der Waals surface area contributed by atoms with Crippen LogP contribution in [0.4, 0.5) is 0 Å². The number of carbonyl (C=O) groups is 1. The van der Waals surface area contributed by atoms with Gasteiger partial charge in [-0.3, -0.25) is 0 Å². The molecule has 0 fully saturated rings. The summed E-state index contributed by atoms with van der Waals surface area (Å²) in [5, 5.41) is 9.00. The van der Waals surface area contributed by atoms with Gasteiger partial charge in [-0.25, -0.2) is 4.79 Å². The lowest BCUT2D eigenvalue weighted by atomic mass is 10.2. The molecule has 0 radical (unpaired) electrons. The first kappa shape index (κ1) is 15.0. The summed E-state index contributed by atoms with van der Waals surface area (Å²) in [5.41, 5.74) is 0.413. The third kappa shape index (κ3) is 3.82. The monoisotopic (exact) mass is 310 g/mol. The summed E-state index contributed by atoms with van der Waals surface area (Å²) < 4.78 is 10.4. The van der Waals surface area contributed by atoms with Gasteiger partial charge in [0.05, 0.1) is 13.7 Å². The first-order chi connectivity index (χ1) is 9.74. The molecule has 0 unspecified atom stereocenters. The van der Waals surface area contributed by atoms with Gasteiger partial charge in [0, 0.05) is 9.81 Å². The minimum Gasteiger partial charge on any atom is -0.487 e. The van der Waals surface area contributed by atoms with E-state index in [-0.39, 0.29) is 6.61 Å². The van der Waals surface area contributed by atoms with Crippen LogP contribution in [0, 0.1) is 0 Å². The number of carbonyl (C=O) groups excluding carboxylic acids is 1. The Balaban J connectivity index is 2.03. The van der Waals surface area contributed by atoms with Crippen LogP contribution in [0.25, 0.3) is 0 Å². The number of hydrogen-bond acceptors (Lipinski definition) is 6. The highest BCUT2D eigenvalue weighted by Crippen LogP contribution is 2.39. The molecule has 1 aromatic rings. The highest BCUT2D eigenvalue weighted by atomic mass is 33.1. The van der Waals surface area contributed by atoms with E-state index >= 15 is 0 Å². The Morgan fingerprint density at radius 3 is 2.55 bits per heavy atom. The molecule has 1 N–H and O–H groups in total. The van der Waals surface area contributed by atoms with Gasteiger partial charge in [-0.05, 0) is 24.3 Å². The molecule has 0 bridgehead atoms. The van der Waals surface area contributed by atoms with Crippen LogP contribution < -0.4 is 4.74 Å². The number of esters is 1. The van der Waals surface area contributed by atoms with Crippen LogP contribution in [0.1, 0.15) is 10.4 Å². The van der Waals surface area contributed by atoms with Gasteiger partial charge in [-0.1, -0.05) is 33.7 Å². The largest absolute Gasteiger partial charge is 0.487 e. The summed E-state index contributed by atoms with van der Waals surface area (Å²) in [7, 11) is 4.40. The van der Waals surface area contributed by atoms with Crippen molar-refractivity contribution in [1.82, 2.24) is 0 Å². The number of methoxy groups -OCH3 is 1. The van der Waals surface area contributed by atoms with E-state index in [1.807, 2.05) is 18.2 Å². The van der Waals surface area contributed by atoms with Crippen LogP contribution >= 0.6 is 21.6 Å². The molecular weight excluding hydrogens is 296 g/mol. The standard InChI is InChI=1S/C14H14O4S2/c1-17-14(16)12-4-2-3-5-13(12)18-9-11-7-6-10(8-15)19-20-11/h2-7,15H,8-9H2,1H3. The molecule has 4 nitrogen and oxygen atoms in total. The molecule has 0 amide bonds. The fourth-order valence-corrected chi connectivity index (χ4v) is 3.42. The number of aliphatic hydroxyl groups is 1. The molecule has 1 heterocycles. The Kier molecular flexibility index (Phi) is 5.58. The molecule has 6 heteroatoms. The van der Waals surface area contributed by atoms with Gasteiger partial charge in [0.1, 0.15) is 17.9 Å². The van der Waals surface area contributed by atoms with Crippen LogP contribution in [0.2, 0.25) is 0 Å². The van der Waals surface area contributed by atoms with E-state index < -0.39 is 5.97 Å². The van der Waals surface area contributed by atoms with E-state index in [2.05, 4.69) is 0 Å². The van der Waals surface area contributed by atoms with Crippen LogP contribution in [0.3, 0.4) is 0 Å². The SMILES string of the molecule is COC(=O)c1ccccc1OCC1=CC=C(CO)SS1. The number of ether oxygens (including phenoxy) is 2. The highest BCUT2D eigenvalue weighted by Gasteiger charge is 2.13. The zero-order valence-corrected chi connectivity index (χ0v) is 12.5. The minimum absolute atomic E-state index is 0.0491. The fourth-order valence-electron chi connectivity index (χ4n) is 1.52. The Morgan fingerprint density at radius 1 is 1.20 bits per heavy atom. The molecule has 0 aliphatic carbocycles. The predicted octanol–water partition coefficient (Wildman–Crippen LogP) is 3.01. The topological polar surface area (TPSA) is 55.8 Å². The summed E-state index contributed by atoms with van der Waals surface area (Å²) in [5.74, 6) is 0.0884. The summed E-state index contributed by atoms with van der Waals surface area (Å²) in [6, 6.07) is 6.98. The van der Waals surface area contributed by atoms with Crippen LogP contribution in [-0.2, 0) is 4.74 Å². The van der Waals surface area contributed by atoms with Gasteiger partial charge in [0.2, 0.25) is 0 Å². The van der Waals surface area contributed by atoms with Crippen molar-refractivity contribution in [3.8, 4) is 5.75 Å². The van der Waals surface area contributed by atoms with Crippen molar-refractivity contribution in [3.63, 3.8) is 0 Å². The highest BCUT2D eigenvalue weighted by molar-refractivity contribution is 8.79. The molecule has 0 saturated heterocycles. The van der Waals surface area contributed by atoms with Gasteiger partial charge < -0.3 is 14.6 Å². The van der Waals surface area contributed by atoms with Gasteiger partial charge >= 0.3 is 5.97 Å². The van der Waals surface area contributed by atoms with Gasteiger partial charge in [0.25, 0.3) is 0 Å². The second kappa shape index (κ2) is 7.42. The maximum Gasteiger partial charge on any atom is 0.341 e. The zero-order chi connectivity index (χ0) is 14.4. The summed E-state index contributed by atoms with van der Waals surface area (Å²) in [6.07, 6.45) is 3.78. The van der Waals surface area contributed by atoms with Crippen molar-refractivity contribution in [2.75, 3.05) is 20.3 Å². The number of para-hydroxylation sites is 1. The Labute approximate surface area is 125 Å². The molecule has 106 valence electrons. The second-order valence-electron chi connectivity index (χ2n) is 3.87. The van der Waals surface area contributed by atoms with Crippen LogP contribution in [-0.4, -0.2) is 31.4 Å². The van der Waals surface area contributed by atoms with Gasteiger partial charge in [0.15, 0.2) is 0 Å². The van der Waals surface area contributed by atoms with Crippen molar-refractivity contribution in [2.45, 2.75) is 0 Å². The van der Waals surface area contributed by atoms with E-state index in [1.165, 1.54) is 17.9 Å². The molecule has 0 atom stereocenters. The van der Waals surface area contributed by atoms with E-state index in [1.54, 1.807) is 29.0 Å². The van der Waals surface area contributed by atoms with Crippen molar-refractivity contribution >= 4 is 27.6 Å². The number of aliphatic hydroxyl groups excluding tert-OH is 1. The first-order valence-electron chi connectivity index (χ1n) is 5.90. The molecule has 0 spiro atoms. The van der Waals surface area contributed by atoms with Gasteiger partial charge in [-0.2, -0.15) is 0 Å². The fraction of sp³-hybridized carbons (Fsp3) is 0.214. The molecular formula is C14H14O4S2. The second-order valence-corrected chi connectivity index (χ2v) is 6.25. The maximum absolute atomic E-state index is 11.6. The summed E-state index contributed by atoms with van der Waals surface area (Å²) in [4.78, 5) is 13.5. The Bertz CT molecular complexity index is 552. The van der Waals surface area contributed by atoms with E-state index in [4.69, 9.17) is 14.6 Å². The number of hydrogen-bond donors (Lipinski definition) is 1. The maximum atomic E-state index is 11.6. The number of allylic oxidation sites excluding steroid dienone is 2. The Hall–Kier alpha value is -1.37. The lowest BCUT2D eigenvalue weighted by molar-refractivity contribution is 0.0596. The van der Waals surface area contributed by atoms with Crippen LogP contribution in [0.15, 0.2) is 46.2 Å². The van der Waals surface area contributed by atoms with E-state index in [0.717, 1.165) is 9.81 Å². The molecule has 2 rings (SSSR count). The zero-order valence-electron chi connectivity index (χ0n) is 10.9. The normalized spacial score (nSPS) is 14.3. The van der Waals surface area contributed by atoms with E-state index in [0.29, 0.717) is 17.9 Å². The van der Waals surface area contributed by atoms with E-state index in [9.17, 15) is 4.79 Å². The van der Waals surface area contributed by atoms with Crippen LogP contribution in [0.5, 0.6) is 5.75 Å². The molecule has 1 aliphatic heterocycles. The Morgan fingerprint density at radius 2 is 1.90 bits per heavy atom. The molecule has 0 aromatic heterocycles. The van der Waals surface area contributed by atoms with Crippen molar-refractivity contribution in [2.24, 2.45) is 0 Å². The van der Waals surface area contributed by atoms with Crippen molar-refractivity contribution in [3.05, 3.63) is 51.8 Å². The molecule has 1 aromatic carbocycles. The first-order valence-corrected chi connectivity index (χ1v) is 8.05. The average Bonchev–Trinajstić information content (AvgIpc) is 2.53. The lowest BCUT2D eigenvalue weighted by Crippen LogP contribution is -2.07. The third-order valence-electron chi connectivity index (χ3n) is 2.53. The number of benzene rings is 1. The quantitative estimate of drug-likeness (QED) is 0.666. The number of rotatable bonds is 5. The van der Waals surface area contributed by atoms with Crippen molar-refractivity contribution in [1.29, 1.82) is 0 Å². The average molecular weight is 310 g/mol. The summed E-state index contributed by atoms with van der Waals surface area (Å²) >= 11 is 0. The predicted molar refractivity (Wildman–Crippen MR) is 81.7 cm³/mol. The van der Waals surface area contributed by atoms with Crippen molar-refractivity contribution < 1.29 is 19.4 Å². The summed E-state index contributed by atoms with van der Waals surface area (Å²) in [6.45, 7) is 0.425.